The Morgan fingerprint density at radius 2 is 1.85 bits per heavy atom. The van der Waals surface area contributed by atoms with Crippen molar-refractivity contribution in [3.63, 3.8) is 0 Å². The summed E-state index contributed by atoms with van der Waals surface area (Å²) >= 11 is 0. The maximum Gasteiger partial charge on any atom is 0.415 e. The van der Waals surface area contributed by atoms with Crippen LogP contribution in [-0.4, -0.2) is 119 Å². The molecule has 0 unspecified atom stereocenters. The van der Waals surface area contributed by atoms with Crippen molar-refractivity contribution >= 4 is 39.7 Å². The van der Waals surface area contributed by atoms with Gasteiger partial charge in [-0.15, -0.1) is 0 Å². The molecule has 4 saturated heterocycles. The summed E-state index contributed by atoms with van der Waals surface area (Å²) in [6.07, 6.45) is -5.86. The molecule has 2 amide bonds. The summed E-state index contributed by atoms with van der Waals surface area (Å²) in [5.41, 5.74) is -2.35. The first-order chi connectivity index (χ1) is 29.1. The second-order valence-corrected chi connectivity index (χ2v) is 17.3. The van der Waals surface area contributed by atoms with E-state index in [1.165, 1.54) is 30.5 Å². The first kappa shape index (κ1) is 41.2. The minimum Gasteiger partial charge on any atom is -0.461 e. The normalized spacial score (nSPS) is 27.3. The van der Waals surface area contributed by atoms with Gasteiger partial charge in [0.1, 0.15) is 47.5 Å². The molecule has 2 aromatic carbocycles. The zero-order chi connectivity index (χ0) is 42.8. The van der Waals surface area contributed by atoms with Gasteiger partial charge in [0.2, 0.25) is 0 Å². The number of ether oxygens (including phenoxy) is 3. The Bertz CT molecular complexity index is 2390. The van der Waals surface area contributed by atoms with Crippen molar-refractivity contribution in [1.29, 1.82) is 0 Å². The highest BCUT2D eigenvalue weighted by Gasteiger charge is 2.50. The maximum absolute atomic E-state index is 17.5. The fourth-order valence-electron chi connectivity index (χ4n) is 10.0. The number of hydrogen-bond donors (Lipinski definition) is 1. The van der Waals surface area contributed by atoms with Crippen LogP contribution in [0.4, 0.5) is 46.1 Å². The van der Waals surface area contributed by atoms with Gasteiger partial charge in [-0.2, -0.15) is 23.1 Å². The topological polar surface area (TPSA) is 122 Å². The van der Waals surface area contributed by atoms with Gasteiger partial charge in [0.25, 0.3) is 0 Å². The summed E-state index contributed by atoms with van der Waals surface area (Å²) in [7, 11) is 0. The number of alkyl halides is 5. The molecule has 0 radical (unpaired) electrons. The van der Waals surface area contributed by atoms with E-state index >= 15 is 13.2 Å². The number of alkyl carbamates (subject to hydrolysis) is 1. The number of carbonyl (C=O) groups excluding carboxylic acids is 2. The van der Waals surface area contributed by atoms with Gasteiger partial charge in [0.05, 0.1) is 35.5 Å². The quantitative estimate of drug-likeness (QED) is 0.203. The number of nitrogens with one attached hydrogen (secondary N) is 1. The Labute approximate surface area is 345 Å². The lowest BCUT2D eigenvalue weighted by Crippen LogP contribution is -2.60. The van der Waals surface area contributed by atoms with Crippen molar-refractivity contribution in [2.45, 2.75) is 87.9 Å². The number of carbonyl (C=O) groups is 2. The van der Waals surface area contributed by atoms with Crippen LogP contribution in [0.25, 0.3) is 32.9 Å². The Hall–Kier alpha value is -5.20. The van der Waals surface area contributed by atoms with Crippen molar-refractivity contribution in [2.75, 3.05) is 57.4 Å². The number of anilines is 1. The van der Waals surface area contributed by atoms with E-state index in [2.05, 4.69) is 20.3 Å². The van der Waals surface area contributed by atoms with Gasteiger partial charge in [-0.05, 0) is 86.5 Å². The third kappa shape index (κ3) is 7.93. The van der Waals surface area contributed by atoms with E-state index in [1.807, 2.05) is 4.90 Å². The van der Waals surface area contributed by atoms with Gasteiger partial charge in [0.15, 0.2) is 5.82 Å². The summed E-state index contributed by atoms with van der Waals surface area (Å²) < 4.78 is 122. The number of pyridine rings is 1. The number of nitrogens with zero attached hydrogens (tertiary/aromatic N) is 6. The molecule has 6 aliphatic heterocycles. The Kier molecular flexibility index (Phi) is 10.5. The number of amides is 2. The number of rotatable bonds is 4. The SMILES string of the molecule is C[C@@]12C[C@@H](F)CN(C1)c1nc(OC[C@@]34CCCN3C[C@H](F)C4)nc3c(F)c(ncc13)-c1cc(OC(=O)N3CCC[C@H](C(F)(F)F)C3)cc3ccc(F)c(c13)CCCOC(=O)N2. The van der Waals surface area contributed by atoms with E-state index in [0.29, 0.717) is 18.4 Å². The molecule has 8 heterocycles. The lowest BCUT2D eigenvalue weighted by molar-refractivity contribution is -0.184. The van der Waals surface area contributed by atoms with E-state index in [1.54, 1.807) is 11.8 Å². The second-order valence-electron chi connectivity index (χ2n) is 17.3. The molecule has 6 aliphatic rings. The molecule has 61 heavy (non-hydrogen) atoms. The van der Waals surface area contributed by atoms with Gasteiger partial charge < -0.3 is 29.3 Å². The molecule has 6 bridgehead atoms. The van der Waals surface area contributed by atoms with E-state index in [0.717, 1.165) is 11.3 Å². The molecule has 0 saturated carbocycles. The average Bonchev–Trinajstić information content (AvgIpc) is 3.73. The summed E-state index contributed by atoms with van der Waals surface area (Å²) in [5, 5.41) is 3.31. The number of likely N-dealkylation sites (tertiary alicyclic amines) is 1. The summed E-state index contributed by atoms with van der Waals surface area (Å²) in [5.74, 6) is -3.51. The van der Waals surface area contributed by atoms with Gasteiger partial charge in [-0.1, -0.05) is 6.07 Å². The molecule has 4 aromatic rings. The standard InChI is InChI=1S/C42H44F7N7O5/c1-40-15-25(43)19-55(21-40)36-30-17-50-34(33(46)35(30)51-37(52-36)60-22-41-9-4-11-56(41)20-26(44)16-41)29-14-27(61-39(58)54-10-2-5-24(18-54)42(47,48)49)13-23-7-8-31(45)28(32(23)29)6-3-12-59-38(57)53-40/h7-8,13-14,17,24-26H,2-6,9-12,15-16,18-22H2,1H3,(H,53,57)/t24-,25+,26+,40+,41-/m0/s1. The highest BCUT2D eigenvalue weighted by Crippen LogP contribution is 2.43. The van der Waals surface area contributed by atoms with E-state index in [9.17, 15) is 27.2 Å². The predicted molar refractivity (Wildman–Crippen MR) is 208 cm³/mol. The second kappa shape index (κ2) is 15.6. The van der Waals surface area contributed by atoms with E-state index < -0.39 is 65.9 Å². The number of hydrogen-bond acceptors (Lipinski definition) is 10. The van der Waals surface area contributed by atoms with Crippen LogP contribution in [0.5, 0.6) is 11.8 Å². The fraction of sp³-hybridized carbons (Fsp3) is 0.548. The monoisotopic (exact) mass is 859 g/mol. The zero-order valence-electron chi connectivity index (χ0n) is 33.3. The molecule has 19 heteroatoms. The highest BCUT2D eigenvalue weighted by atomic mass is 19.4. The molecule has 1 N–H and O–H groups in total. The number of aromatic nitrogens is 3. The molecule has 12 nitrogen and oxygen atoms in total. The van der Waals surface area contributed by atoms with Gasteiger partial charge in [-0.25, -0.2) is 27.2 Å². The lowest BCUT2D eigenvalue weighted by Gasteiger charge is -2.42. The van der Waals surface area contributed by atoms with Crippen molar-refractivity contribution in [3.8, 4) is 23.0 Å². The van der Waals surface area contributed by atoms with Crippen molar-refractivity contribution in [3.05, 3.63) is 47.7 Å². The average molecular weight is 860 g/mol. The number of halogens is 7. The summed E-state index contributed by atoms with van der Waals surface area (Å²) in [4.78, 5) is 44.7. The van der Waals surface area contributed by atoms with Gasteiger partial charge in [0, 0.05) is 50.8 Å². The van der Waals surface area contributed by atoms with Crippen molar-refractivity contribution < 1.29 is 54.5 Å². The lowest BCUT2D eigenvalue weighted by atomic mass is 9.90. The fourth-order valence-corrected chi connectivity index (χ4v) is 10.0. The molecular weight excluding hydrogens is 815 g/mol. The number of benzene rings is 2. The van der Waals surface area contributed by atoms with Crippen LogP contribution < -0.4 is 19.7 Å². The van der Waals surface area contributed by atoms with Crippen LogP contribution in [0.2, 0.25) is 0 Å². The van der Waals surface area contributed by atoms with Gasteiger partial charge in [-0.3, -0.25) is 9.88 Å². The third-order valence-electron chi connectivity index (χ3n) is 12.8. The third-order valence-corrected chi connectivity index (χ3v) is 12.8. The van der Waals surface area contributed by atoms with E-state index in [-0.39, 0.29) is 129 Å². The van der Waals surface area contributed by atoms with Gasteiger partial charge >= 0.3 is 24.4 Å². The maximum atomic E-state index is 17.5. The molecule has 4 fully saturated rings. The minimum absolute atomic E-state index is 0.00377. The van der Waals surface area contributed by atoms with Crippen LogP contribution in [0.15, 0.2) is 30.5 Å². The largest absolute Gasteiger partial charge is 0.461 e. The Balaban J connectivity index is 1.19. The molecule has 0 aliphatic carbocycles. The molecule has 10 rings (SSSR count). The van der Waals surface area contributed by atoms with Crippen LogP contribution in [0.1, 0.15) is 57.4 Å². The molecular formula is C42H44F7N7O5. The van der Waals surface area contributed by atoms with Crippen LogP contribution in [0, 0.1) is 17.6 Å². The van der Waals surface area contributed by atoms with Crippen molar-refractivity contribution in [1.82, 2.24) is 30.1 Å². The number of fused-ring (bicyclic) bond motifs is 7. The van der Waals surface area contributed by atoms with Crippen molar-refractivity contribution in [2.24, 2.45) is 5.92 Å². The predicted octanol–water partition coefficient (Wildman–Crippen LogP) is 7.83. The Morgan fingerprint density at radius 1 is 1.03 bits per heavy atom. The highest BCUT2D eigenvalue weighted by molar-refractivity contribution is 6.02. The molecule has 0 spiro atoms. The van der Waals surface area contributed by atoms with Crippen LogP contribution >= 0.6 is 0 Å². The van der Waals surface area contributed by atoms with E-state index in [4.69, 9.17) is 14.2 Å². The zero-order valence-corrected chi connectivity index (χ0v) is 33.3. The summed E-state index contributed by atoms with van der Waals surface area (Å²) in [6.45, 7) is 1.69. The molecule has 5 atom stereocenters. The van der Waals surface area contributed by atoms with Crippen LogP contribution in [0.3, 0.4) is 0 Å². The first-order valence-corrected chi connectivity index (χ1v) is 20.6. The number of piperidine rings is 2. The molecule has 326 valence electrons. The van der Waals surface area contributed by atoms with Crippen LogP contribution in [-0.2, 0) is 11.2 Å². The minimum atomic E-state index is -4.51. The summed E-state index contributed by atoms with van der Waals surface area (Å²) in [6, 6.07) is 4.98. The number of aryl methyl sites for hydroxylation is 1. The first-order valence-electron chi connectivity index (χ1n) is 20.6. The smallest absolute Gasteiger partial charge is 0.415 e. The molecule has 2 aromatic heterocycles. The Morgan fingerprint density at radius 3 is 2.67 bits per heavy atom.